The molecule has 1 unspecified atom stereocenters. The summed E-state index contributed by atoms with van der Waals surface area (Å²) in [5.41, 5.74) is 4.95. The molecule has 0 bridgehead atoms. The summed E-state index contributed by atoms with van der Waals surface area (Å²) in [5, 5.41) is 1.26. The van der Waals surface area contributed by atoms with Crippen molar-refractivity contribution in [1.29, 1.82) is 0 Å². The van der Waals surface area contributed by atoms with Crippen LogP contribution in [0.2, 0.25) is 0 Å². The largest absolute Gasteiger partial charge is 0.372 e. The van der Waals surface area contributed by atoms with Crippen molar-refractivity contribution in [1.82, 2.24) is 4.98 Å². The molecule has 116 valence electrons. The second kappa shape index (κ2) is 6.49. The Morgan fingerprint density at radius 1 is 1.41 bits per heavy atom. The van der Waals surface area contributed by atoms with E-state index >= 15 is 0 Å². The SMILES string of the molecule is C=CCOC1CCN(c2c(CC)c(C)nc3ccccc23)C1. The van der Waals surface area contributed by atoms with Gasteiger partial charge in [-0.1, -0.05) is 31.2 Å². The van der Waals surface area contributed by atoms with E-state index in [1.54, 1.807) is 0 Å². The maximum atomic E-state index is 5.84. The van der Waals surface area contributed by atoms with Crippen molar-refractivity contribution in [3.8, 4) is 0 Å². The van der Waals surface area contributed by atoms with E-state index in [-0.39, 0.29) is 0 Å². The van der Waals surface area contributed by atoms with Gasteiger partial charge < -0.3 is 9.64 Å². The van der Waals surface area contributed by atoms with Gasteiger partial charge in [0, 0.05) is 24.2 Å². The number of nitrogens with zero attached hydrogens (tertiary/aromatic N) is 2. The van der Waals surface area contributed by atoms with Crippen molar-refractivity contribution in [2.45, 2.75) is 32.8 Å². The van der Waals surface area contributed by atoms with Crippen molar-refractivity contribution in [3.63, 3.8) is 0 Å². The molecular weight excluding hydrogens is 272 g/mol. The Balaban J connectivity index is 2.00. The second-order valence-corrected chi connectivity index (χ2v) is 5.87. The molecule has 1 atom stereocenters. The molecule has 0 aliphatic carbocycles. The summed E-state index contributed by atoms with van der Waals surface area (Å²) in [6, 6.07) is 8.45. The van der Waals surface area contributed by atoms with Gasteiger partial charge in [-0.25, -0.2) is 0 Å². The molecule has 1 saturated heterocycles. The predicted molar refractivity (Wildman–Crippen MR) is 92.6 cm³/mol. The lowest BCUT2D eigenvalue weighted by molar-refractivity contribution is 0.0909. The van der Waals surface area contributed by atoms with Crippen LogP contribution in [-0.4, -0.2) is 30.8 Å². The third-order valence-electron chi connectivity index (χ3n) is 4.43. The molecule has 0 N–H and O–H groups in total. The molecule has 3 heteroatoms. The van der Waals surface area contributed by atoms with Crippen LogP contribution in [0.1, 0.15) is 24.6 Å². The molecule has 3 nitrogen and oxygen atoms in total. The van der Waals surface area contributed by atoms with E-state index in [4.69, 9.17) is 9.72 Å². The van der Waals surface area contributed by atoms with Gasteiger partial charge in [0.15, 0.2) is 0 Å². The zero-order valence-corrected chi connectivity index (χ0v) is 13.5. The van der Waals surface area contributed by atoms with Gasteiger partial charge in [0.25, 0.3) is 0 Å². The Morgan fingerprint density at radius 2 is 2.23 bits per heavy atom. The van der Waals surface area contributed by atoms with E-state index in [0.29, 0.717) is 12.7 Å². The van der Waals surface area contributed by atoms with Crippen LogP contribution in [0.25, 0.3) is 10.9 Å². The summed E-state index contributed by atoms with van der Waals surface area (Å²) in [5.74, 6) is 0. The molecule has 1 aliphatic heterocycles. The molecule has 22 heavy (non-hydrogen) atoms. The van der Waals surface area contributed by atoms with E-state index in [1.807, 2.05) is 6.08 Å². The number of aryl methyl sites for hydroxylation is 1. The maximum Gasteiger partial charge on any atom is 0.0771 e. The van der Waals surface area contributed by atoms with Crippen molar-refractivity contribution in [3.05, 3.63) is 48.2 Å². The standard InChI is InChI=1S/C19H24N2O/c1-4-12-22-15-10-11-21(13-15)19-16(5-2)14(3)20-18-9-7-6-8-17(18)19/h4,6-9,15H,1,5,10-13H2,2-3H3. The van der Waals surface area contributed by atoms with Crippen LogP contribution in [0.4, 0.5) is 5.69 Å². The van der Waals surface area contributed by atoms with Crippen molar-refractivity contribution in [2.24, 2.45) is 0 Å². The molecule has 2 aromatic rings. The van der Waals surface area contributed by atoms with Crippen molar-refractivity contribution >= 4 is 16.6 Å². The summed E-state index contributed by atoms with van der Waals surface area (Å²) < 4.78 is 5.84. The highest BCUT2D eigenvalue weighted by atomic mass is 16.5. The number of benzene rings is 1. The maximum absolute atomic E-state index is 5.84. The van der Waals surface area contributed by atoms with Crippen LogP contribution in [0, 0.1) is 6.92 Å². The zero-order valence-electron chi connectivity index (χ0n) is 13.5. The summed E-state index contributed by atoms with van der Waals surface area (Å²) in [7, 11) is 0. The number of ether oxygens (including phenoxy) is 1. The number of hydrogen-bond acceptors (Lipinski definition) is 3. The first-order valence-corrected chi connectivity index (χ1v) is 8.10. The number of para-hydroxylation sites is 1. The van der Waals surface area contributed by atoms with Crippen molar-refractivity contribution < 1.29 is 4.74 Å². The lowest BCUT2D eigenvalue weighted by atomic mass is 10.0. The summed E-state index contributed by atoms with van der Waals surface area (Å²) in [6.07, 6.45) is 4.21. The molecule has 1 fully saturated rings. The van der Waals surface area contributed by atoms with Gasteiger partial charge in [0.05, 0.1) is 23.9 Å². The average Bonchev–Trinajstić information content (AvgIpc) is 3.00. The predicted octanol–water partition coefficient (Wildman–Crippen LogP) is 3.89. The Kier molecular flexibility index (Phi) is 4.44. The Hall–Kier alpha value is -1.87. The normalized spacial score (nSPS) is 18.1. The molecule has 1 aliphatic rings. The van der Waals surface area contributed by atoms with E-state index < -0.39 is 0 Å². The monoisotopic (exact) mass is 296 g/mol. The molecule has 3 rings (SSSR count). The molecule has 1 aromatic carbocycles. The molecule has 1 aromatic heterocycles. The van der Waals surface area contributed by atoms with Gasteiger partial charge in [-0.3, -0.25) is 4.98 Å². The van der Waals surface area contributed by atoms with Crippen LogP contribution in [0.3, 0.4) is 0 Å². The number of aromatic nitrogens is 1. The fourth-order valence-electron chi connectivity index (χ4n) is 3.41. The van der Waals surface area contributed by atoms with E-state index in [9.17, 15) is 0 Å². The summed E-state index contributed by atoms with van der Waals surface area (Å²) in [4.78, 5) is 7.25. The fraction of sp³-hybridized carbons (Fsp3) is 0.421. The first kappa shape index (κ1) is 15.0. The second-order valence-electron chi connectivity index (χ2n) is 5.87. The van der Waals surface area contributed by atoms with E-state index in [2.05, 4.69) is 49.6 Å². The minimum atomic E-state index is 0.301. The van der Waals surface area contributed by atoms with Gasteiger partial charge in [-0.2, -0.15) is 0 Å². The van der Waals surface area contributed by atoms with Crippen LogP contribution in [0.5, 0.6) is 0 Å². The number of rotatable bonds is 5. The van der Waals surface area contributed by atoms with Gasteiger partial charge in [-0.15, -0.1) is 6.58 Å². The van der Waals surface area contributed by atoms with Crippen molar-refractivity contribution in [2.75, 3.05) is 24.6 Å². The Bertz CT molecular complexity index is 680. The number of hydrogen-bond donors (Lipinski definition) is 0. The van der Waals surface area contributed by atoms with Gasteiger partial charge >= 0.3 is 0 Å². The average molecular weight is 296 g/mol. The summed E-state index contributed by atoms with van der Waals surface area (Å²) >= 11 is 0. The van der Waals surface area contributed by atoms with Crippen LogP contribution < -0.4 is 4.90 Å². The van der Waals surface area contributed by atoms with Crippen LogP contribution in [0.15, 0.2) is 36.9 Å². The summed E-state index contributed by atoms with van der Waals surface area (Å²) in [6.45, 7) is 10.7. The highest BCUT2D eigenvalue weighted by Crippen LogP contribution is 2.34. The molecule has 0 amide bonds. The fourth-order valence-corrected chi connectivity index (χ4v) is 3.41. The molecule has 0 radical (unpaired) electrons. The number of anilines is 1. The highest BCUT2D eigenvalue weighted by Gasteiger charge is 2.26. The van der Waals surface area contributed by atoms with E-state index in [1.165, 1.54) is 16.6 Å². The molecular formula is C19H24N2O. The first-order chi connectivity index (χ1) is 10.7. The quantitative estimate of drug-likeness (QED) is 0.783. The minimum Gasteiger partial charge on any atom is -0.372 e. The van der Waals surface area contributed by atoms with Gasteiger partial charge in [-0.05, 0) is 31.4 Å². The first-order valence-electron chi connectivity index (χ1n) is 8.10. The Morgan fingerprint density at radius 3 is 3.00 bits per heavy atom. The van der Waals surface area contributed by atoms with Gasteiger partial charge in [0.1, 0.15) is 0 Å². The molecule has 0 saturated carbocycles. The third-order valence-corrected chi connectivity index (χ3v) is 4.43. The molecule has 2 heterocycles. The van der Waals surface area contributed by atoms with Crippen LogP contribution in [-0.2, 0) is 11.2 Å². The van der Waals surface area contributed by atoms with Gasteiger partial charge in [0.2, 0.25) is 0 Å². The lowest BCUT2D eigenvalue weighted by Crippen LogP contribution is -2.24. The smallest absolute Gasteiger partial charge is 0.0771 e. The Labute approximate surface area is 132 Å². The van der Waals surface area contributed by atoms with Crippen LogP contribution >= 0.6 is 0 Å². The highest BCUT2D eigenvalue weighted by molar-refractivity contribution is 5.94. The third kappa shape index (κ3) is 2.73. The topological polar surface area (TPSA) is 25.4 Å². The molecule has 0 spiro atoms. The minimum absolute atomic E-state index is 0.301. The van der Waals surface area contributed by atoms with E-state index in [0.717, 1.165) is 37.1 Å². The zero-order chi connectivity index (χ0) is 15.5. The number of fused-ring (bicyclic) bond motifs is 1. The lowest BCUT2D eigenvalue weighted by Gasteiger charge is -2.25. The number of pyridine rings is 1.